The van der Waals surface area contributed by atoms with Crippen molar-refractivity contribution in [3.8, 4) is 17.1 Å². The SMILES string of the molecule is CC.CN(C)CC1CC1(F)F.COc1nc(N2CCNC(C)C2)c2cc(F)c(-c3c(C(F)(F)F)c(C)cc4[nH]ncc34)c(F)c2n1. The lowest BCUT2D eigenvalue weighted by atomic mass is 9.91. The molecule has 0 spiro atoms. The van der Waals surface area contributed by atoms with Gasteiger partial charge in [0.15, 0.2) is 5.82 Å². The van der Waals surface area contributed by atoms with E-state index in [-0.39, 0.29) is 57.6 Å². The first-order chi connectivity index (χ1) is 21.6. The Hall–Kier alpha value is -3.72. The number of piperazine rings is 1. The summed E-state index contributed by atoms with van der Waals surface area (Å²) in [5.41, 5.74) is -2.91. The van der Waals surface area contributed by atoms with Crippen LogP contribution >= 0.6 is 0 Å². The second-order valence-corrected chi connectivity index (χ2v) is 11.5. The third kappa shape index (κ3) is 7.14. The Labute approximate surface area is 262 Å². The van der Waals surface area contributed by atoms with Gasteiger partial charge in [0.25, 0.3) is 5.92 Å². The van der Waals surface area contributed by atoms with E-state index in [0.29, 0.717) is 26.2 Å². The number of alkyl halides is 5. The third-order valence-electron chi connectivity index (χ3n) is 7.71. The number of halogens is 7. The highest BCUT2D eigenvalue weighted by Crippen LogP contribution is 2.49. The zero-order chi connectivity index (χ0) is 34.1. The molecule has 1 aliphatic heterocycles. The van der Waals surface area contributed by atoms with Gasteiger partial charge < -0.3 is 19.9 Å². The first-order valence-corrected chi connectivity index (χ1v) is 14.9. The molecule has 2 unspecified atom stereocenters. The average Bonchev–Trinajstić information content (AvgIpc) is 3.33. The maximum absolute atomic E-state index is 16.1. The quantitative estimate of drug-likeness (QED) is 0.228. The van der Waals surface area contributed by atoms with Gasteiger partial charge in [0, 0.05) is 60.9 Å². The molecule has 2 aromatic heterocycles. The molecule has 2 aliphatic rings. The van der Waals surface area contributed by atoms with Crippen LogP contribution in [0.5, 0.6) is 6.01 Å². The normalized spacial score (nSPS) is 19.1. The second-order valence-electron chi connectivity index (χ2n) is 11.5. The Bertz CT molecular complexity index is 1690. The average molecular weight is 658 g/mol. The fraction of sp³-hybridized carbons (Fsp3) is 0.516. The minimum absolute atomic E-state index is 0.0447. The number of aryl methyl sites for hydroxylation is 1. The summed E-state index contributed by atoms with van der Waals surface area (Å²) in [5.74, 6) is -4.86. The van der Waals surface area contributed by atoms with Gasteiger partial charge in [-0.2, -0.15) is 28.2 Å². The summed E-state index contributed by atoms with van der Waals surface area (Å²) in [6.07, 6.45) is -3.66. The Morgan fingerprint density at radius 3 is 2.30 bits per heavy atom. The van der Waals surface area contributed by atoms with Crippen molar-refractivity contribution in [3.63, 3.8) is 0 Å². The van der Waals surface area contributed by atoms with Crippen molar-refractivity contribution in [3.05, 3.63) is 41.1 Å². The van der Waals surface area contributed by atoms with Crippen LogP contribution in [-0.4, -0.2) is 84.4 Å². The fourth-order valence-corrected chi connectivity index (χ4v) is 5.61. The van der Waals surface area contributed by atoms with Gasteiger partial charge >= 0.3 is 12.2 Å². The molecule has 6 rings (SSSR count). The summed E-state index contributed by atoms with van der Waals surface area (Å²) in [7, 11) is 4.92. The molecule has 1 saturated heterocycles. The second kappa shape index (κ2) is 13.6. The number of aromatic nitrogens is 4. The molecule has 1 saturated carbocycles. The highest BCUT2D eigenvalue weighted by atomic mass is 19.4. The number of hydrogen-bond acceptors (Lipinski definition) is 7. The number of nitrogens with zero attached hydrogens (tertiary/aromatic N) is 5. The van der Waals surface area contributed by atoms with Crippen molar-refractivity contribution in [1.82, 2.24) is 30.4 Å². The third-order valence-corrected chi connectivity index (χ3v) is 7.71. The summed E-state index contributed by atoms with van der Waals surface area (Å²) in [6.45, 7) is 9.35. The van der Waals surface area contributed by atoms with Crippen LogP contribution in [0.1, 0.15) is 38.3 Å². The van der Waals surface area contributed by atoms with Crippen LogP contribution in [0, 0.1) is 24.5 Å². The van der Waals surface area contributed by atoms with Crippen molar-refractivity contribution in [2.75, 3.05) is 52.3 Å². The topological polar surface area (TPSA) is 82.2 Å². The minimum atomic E-state index is -4.87. The van der Waals surface area contributed by atoms with Gasteiger partial charge in [-0.1, -0.05) is 13.8 Å². The van der Waals surface area contributed by atoms with Crippen LogP contribution in [0.3, 0.4) is 0 Å². The van der Waals surface area contributed by atoms with E-state index in [0.717, 1.165) is 12.3 Å². The molecule has 2 aromatic carbocycles. The summed E-state index contributed by atoms with van der Waals surface area (Å²) < 4.78 is 104. The van der Waals surface area contributed by atoms with Crippen LogP contribution in [-0.2, 0) is 6.18 Å². The summed E-state index contributed by atoms with van der Waals surface area (Å²) in [6, 6.07) is 2.15. The lowest BCUT2D eigenvalue weighted by Crippen LogP contribution is -2.49. The van der Waals surface area contributed by atoms with Crippen LogP contribution in [0.2, 0.25) is 0 Å². The van der Waals surface area contributed by atoms with Crippen molar-refractivity contribution in [2.24, 2.45) is 5.92 Å². The predicted octanol–water partition coefficient (Wildman–Crippen LogP) is 6.81. The molecule has 252 valence electrons. The Kier molecular flexibility index (Phi) is 10.4. The van der Waals surface area contributed by atoms with E-state index in [1.54, 1.807) is 4.90 Å². The number of fused-ring (bicyclic) bond motifs is 2. The van der Waals surface area contributed by atoms with Gasteiger partial charge in [0.1, 0.15) is 17.2 Å². The van der Waals surface area contributed by atoms with E-state index in [1.165, 1.54) is 20.1 Å². The number of rotatable bonds is 5. The zero-order valence-electron chi connectivity index (χ0n) is 26.7. The standard InChI is InChI=1S/C23H21F5N6O.C6H11F2N.C2H6/c1-10-6-15-13(8-30-33-15)16(18(10)23(26,27)28)17-14(24)7-12-20(19(17)25)31-22(35-3)32-21(12)34-5-4-29-11(2)9-34;1-9(2)4-5-3-6(5,7)8;1-2/h6-8,11,29H,4-5,9H2,1-3H3,(H,30,33);5H,3-4H2,1-2H3;1-2H3. The molecule has 3 heterocycles. The maximum Gasteiger partial charge on any atom is 0.417 e. The van der Waals surface area contributed by atoms with E-state index in [9.17, 15) is 22.0 Å². The van der Waals surface area contributed by atoms with Crippen LogP contribution in [0.25, 0.3) is 32.9 Å². The molecule has 8 nitrogen and oxygen atoms in total. The van der Waals surface area contributed by atoms with Gasteiger partial charge in [-0.15, -0.1) is 0 Å². The number of aromatic amines is 1. The van der Waals surface area contributed by atoms with E-state index < -0.39 is 40.4 Å². The number of benzene rings is 2. The first kappa shape index (κ1) is 35.1. The summed E-state index contributed by atoms with van der Waals surface area (Å²) >= 11 is 0. The van der Waals surface area contributed by atoms with E-state index in [4.69, 9.17) is 4.74 Å². The number of hydrogen-bond donors (Lipinski definition) is 2. The lowest BCUT2D eigenvalue weighted by Gasteiger charge is -2.33. The van der Waals surface area contributed by atoms with Gasteiger partial charge in [-0.05, 0) is 45.6 Å². The molecule has 4 aromatic rings. The number of H-pyrrole nitrogens is 1. The van der Waals surface area contributed by atoms with E-state index in [2.05, 4.69) is 25.5 Å². The number of anilines is 1. The Morgan fingerprint density at radius 2 is 1.76 bits per heavy atom. The predicted molar refractivity (Wildman–Crippen MR) is 163 cm³/mol. The molecule has 46 heavy (non-hydrogen) atoms. The Morgan fingerprint density at radius 1 is 1.09 bits per heavy atom. The summed E-state index contributed by atoms with van der Waals surface area (Å²) in [5, 5.41) is 9.63. The highest BCUT2D eigenvalue weighted by Gasteiger charge is 2.56. The van der Waals surface area contributed by atoms with Crippen LogP contribution < -0.4 is 15.0 Å². The van der Waals surface area contributed by atoms with Gasteiger partial charge in [0.05, 0.1) is 30.0 Å². The van der Waals surface area contributed by atoms with Gasteiger partial charge in [-0.3, -0.25) is 5.10 Å². The molecule has 0 radical (unpaired) electrons. The maximum atomic E-state index is 16.1. The number of ether oxygens (including phenoxy) is 1. The van der Waals surface area contributed by atoms with Crippen molar-refractivity contribution in [2.45, 2.75) is 52.3 Å². The number of methoxy groups -OCH3 is 1. The van der Waals surface area contributed by atoms with Crippen LogP contribution in [0.15, 0.2) is 18.3 Å². The zero-order valence-corrected chi connectivity index (χ0v) is 26.7. The molecular formula is C31H38F7N7O. The Balaban J connectivity index is 0.000000374. The highest BCUT2D eigenvalue weighted by molar-refractivity contribution is 6.01. The van der Waals surface area contributed by atoms with Gasteiger partial charge in [-0.25, -0.2) is 17.6 Å². The molecule has 0 bridgehead atoms. The lowest BCUT2D eigenvalue weighted by molar-refractivity contribution is -0.137. The number of nitrogens with one attached hydrogen (secondary N) is 2. The summed E-state index contributed by atoms with van der Waals surface area (Å²) in [4.78, 5) is 12.0. The van der Waals surface area contributed by atoms with Crippen molar-refractivity contribution in [1.29, 1.82) is 0 Å². The molecule has 0 amide bonds. The molecular weight excluding hydrogens is 619 g/mol. The fourth-order valence-electron chi connectivity index (χ4n) is 5.61. The molecule has 2 N–H and O–H groups in total. The monoisotopic (exact) mass is 657 g/mol. The minimum Gasteiger partial charge on any atom is -0.467 e. The smallest absolute Gasteiger partial charge is 0.417 e. The first-order valence-electron chi connectivity index (χ1n) is 14.9. The molecule has 15 heteroatoms. The van der Waals surface area contributed by atoms with Crippen LogP contribution in [0.4, 0.5) is 36.6 Å². The molecule has 1 aliphatic carbocycles. The van der Waals surface area contributed by atoms with E-state index in [1.807, 2.05) is 39.8 Å². The molecule has 2 atom stereocenters. The molecule has 2 fully saturated rings. The van der Waals surface area contributed by atoms with Crippen molar-refractivity contribution < 1.29 is 35.5 Å². The van der Waals surface area contributed by atoms with E-state index >= 15 is 8.78 Å². The largest absolute Gasteiger partial charge is 0.467 e. The van der Waals surface area contributed by atoms with Gasteiger partial charge in [0.2, 0.25) is 0 Å². The van der Waals surface area contributed by atoms with Crippen molar-refractivity contribution >= 4 is 27.6 Å².